The van der Waals surface area contributed by atoms with Crippen LogP contribution in [0.2, 0.25) is 0 Å². The van der Waals surface area contributed by atoms with E-state index in [1.807, 2.05) is 0 Å². The topological polar surface area (TPSA) is 83.6 Å². The van der Waals surface area contributed by atoms with Gasteiger partial charge in [-0.3, -0.25) is 0 Å². The van der Waals surface area contributed by atoms with Gasteiger partial charge in [-0.25, -0.2) is 4.79 Å². The molecule has 12 heteroatoms. The van der Waals surface area contributed by atoms with Gasteiger partial charge in [0.05, 0.1) is 5.88 Å². The number of benzene rings is 1. The van der Waals surface area contributed by atoms with Crippen molar-refractivity contribution in [3.05, 3.63) is 23.8 Å². The van der Waals surface area contributed by atoms with Crippen LogP contribution >= 0.6 is 92.8 Å². The van der Waals surface area contributed by atoms with Gasteiger partial charge in [0.15, 0.2) is 0 Å². The van der Waals surface area contributed by atoms with Crippen LogP contribution in [0.5, 0.6) is 5.75 Å². The first-order chi connectivity index (χ1) is 10.3. The SMILES string of the molecule is ClC(Cl)C(Cl)Cl.ClCC(Cl)(Cl)Cl.Nc1ccc(C(=O)O)c(O)c1. The summed E-state index contributed by atoms with van der Waals surface area (Å²) in [5.74, 6) is -1.43. The minimum atomic E-state index is -1.28. The quantitative estimate of drug-likeness (QED) is 0.359. The van der Waals surface area contributed by atoms with Crippen LogP contribution < -0.4 is 5.73 Å². The molecule has 0 aliphatic carbocycles. The van der Waals surface area contributed by atoms with Crippen LogP contribution in [0.1, 0.15) is 10.4 Å². The van der Waals surface area contributed by atoms with Crippen LogP contribution in [0, 0.1) is 0 Å². The van der Waals surface area contributed by atoms with Crippen LogP contribution in [-0.4, -0.2) is 35.5 Å². The van der Waals surface area contributed by atoms with E-state index in [2.05, 4.69) is 0 Å². The molecule has 4 N–H and O–H groups in total. The second kappa shape index (κ2) is 12.9. The van der Waals surface area contributed by atoms with Gasteiger partial charge in [-0.1, -0.05) is 34.8 Å². The number of hydrogen-bond donors (Lipinski definition) is 3. The number of aromatic hydroxyl groups is 1. The molecule has 0 saturated carbocycles. The van der Waals surface area contributed by atoms with Crippen LogP contribution in [0.4, 0.5) is 5.69 Å². The molecule has 0 heterocycles. The zero-order chi connectivity index (χ0) is 18.8. The number of anilines is 1. The minimum Gasteiger partial charge on any atom is -0.507 e. The van der Waals surface area contributed by atoms with Crippen molar-refractivity contribution in [2.75, 3.05) is 11.6 Å². The fourth-order valence-corrected chi connectivity index (χ4v) is 0.730. The molecular formula is C11H11Cl8NO3. The average molecular weight is 489 g/mol. The molecular weight excluding hydrogens is 478 g/mol. The molecule has 1 aromatic rings. The van der Waals surface area contributed by atoms with Crippen molar-refractivity contribution in [2.45, 2.75) is 13.5 Å². The zero-order valence-corrected chi connectivity index (χ0v) is 17.0. The van der Waals surface area contributed by atoms with Crippen LogP contribution in [0.25, 0.3) is 0 Å². The first kappa shape index (κ1) is 25.8. The van der Waals surface area contributed by atoms with Crippen molar-refractivity contribution >= 4 is 104 Å². The van der Waals surface area contributed by atoms with E-state index in [-0.39, 0.29) is 17.2 Å². The lowest BCUT2D eigenvalue weighted by atomic mass is 10.2. The molecule has 0 spiro atoms. The first-order valence-electron chi connectivity index (χ1n) is 5.32. The number of rotatable bonds is 2. The summed E-state index contributed by atoms with van der Waals surface area (Å²) in [6.45, 7) is 0. The summed E-state index contributed by atoms with van der Waals surface area (Å²) < 4.78 is -1.28. The molecule has 0 amide bonds. The molecule has 0 aliphatic heterocycles. The van der Waals surface area contributed by atoms with Crippen LogP contribution in [0.3, 0.4) is 0 Å². The third kappa shape index (κ3) is 15.9. The lowest BCUT2D eigenvalue weighted by Gasteiger charge is -2.00. The standard InChI is InChI=1S/C7H7NO3.2C2H2Cl4/c8-4-1-2-5(7(10)11)6(9)3-4;3-1-2(4,5)6;3-1(4)2(5)6/h1-3,9H,8H2,(H,10,11);1H2;1-2H. The van der Waals surface area contributed by atoms with Crippen LogP contribution in [0.15, 0.2) is 18.2 Å². The lowest BCUT2D eigenvalue weighted by Crippen LogP contribution is -2.01. The van der Waals surface area contributed by atoms with Gasteiger partial charge in [-0.05, 0) is 12.1 Å². The Balaban J connectivity index is 0. The molecule has 1 rings (SSSR count). The minimum absolute atomic E-state index is 0.0394. The second-order valence-corrected chi connectivity index (χ2v) is 8.61. The number of aromatic carboxylic acids is 1. The molecule has 0 saturated heterocycles. The Morgan fingerprint density at radius 3 is 1.74 bits per heavy atom. The summed E-state index contributed by atoms with van der Waals surface area (Å²) >= 11 is 40.9. The van der Waals surface area contributed by atoms with Gasteiger partial charge in [0.2, 0.25) is 3.79 Å². The number of phenols is 1. The summed E-state index contributed by atoms with van der Waals surface area (Å²) in [5.41, 5.74) is 5.48. The number of halogens is 8. The fraction of sp³-hybridized carbons (Fsp3) is 0.364. The van der Waals surface area contributed by atoms with Gasteiger partial charge < -0.3 is 15.9 Å². The zero-order valence-electron chi connectivity index (χ0n) is 11.0. The number of carboxylic acid groups (broad SMARTS) is 1. The predicted octanol–water partition coefficient (Wildman–Crippen LogP) is 5.86. The Kier molecular flexibility index (Phi) is 14.5. The summed E-state index contributed by atoms with van der Waals surface area (Å²) in [6, 6.07) is 3.87. The first-order valence-corrected chi connectivity index (χ1v) is 8.74. The average Bonchev–Trinajstić information content (AvgIpc) is 2.38. The van der Waals surface area contributed by atoms with Crippen molar-refractivity contribution in [3.63, 3.8) is 0 Å². The number of nitrogens with two attached hydrogens (primary N) is 1. The van der Waals surface area contributed by atoms with Crippen molar-refractivity contribution in [1.29, 1.82) is 0 Å². The van der Waals surface area contributed by atoms with Crippen molar-refractivity contribution in [1.82, 2.24) is 0 Å². The molecule has 0 bridgehead atoms. The maximum atomic E-state index is 10.3. The van der Waals surface area contributed by atoms with E-state index in [1.165, 1.54) is 18.2 Å². The van der Waals surface area contributed by atoms with Gasteiger partial charge in [0.1, 0.15) is 21.0 Å². The summed E-state index contributed by atoms with van der Waals surface area (Å²) in [5, 5.41) is 17.5. The highest BCUT2D eigenvalue weighted by Gasteiger charge is 2.16. The normalized spacial score (nSPS) is 10.5. The Morgan fingerprint density at radius 1 is 1.13 bits per heavy atom. The summed E-state index contributed by atoms with van der Waals surface area (Å²) in [6.07, 6.45) is 0. The highest BCUT2D eigenvalue weighted by Crippen LogP contribution is 2.26. The van der Waals surface area contributed by atoms with E-state index >= 15 is 0 Å². The number of nitrogen functional groups attached to an aromatic ring is 1. The molecule has 23 heavy (non-hydrogen) atoms. The number of carbonyl (C=O) groups is 1. The Morgan fingerprint density at radius 2 is 1.52 bits per heavy atom. The van der Waals surface area contributed by atoms with Gasteiger partial charge in [-0.2, -0.15) is 0 Å². The van der Waals surface area contributed by atoms with Gasteiger partial charge in [0, 0.05) is 11.8 Å². The van der Waals surface area contributed by atoms with E-state index < -0.39 is 19.4 Å². The molecule has 0 fully saturated rings. The van der Waals surface area contributed by atoms with Gasteiger partial charge in [0.25, 0.3) is 0 Å². The third-order valence-electron chi connectivity index (χ3n) is 1.59. The Hall–Kier alpha value is 0.610. The molecule has 134 valence electrons. The smallest absolute Gasteiger partial charge is 0.339 e. The maximum Gasteiger partial charge on any atom is 0.339 e. The van der Waals surface area contributed by atoms with Crippen molar-refractivity contribution in [2.24, 2.45) is 0 Å². The van der Waals surface area contributed by atoms with Crippen molar-refractivity contribution in [3.8, 4) is 5.75 Å². The van der Waals surface area contributed by atoms with Crippen LogP contribution in [-0.2, 0) is 0 Å². The molecule has 1 aromatic carbocycles. The highest BCUT2D eigenvalue weighted by molar-refractivity contribution is 6.69. The molecule has 0 radical (unpaired) electrons. The highest BCUT2D eigenvalue weighted by atomic mass is 35.6. The number of hydrogen-bond acceptors (Lipinski definition) is 3. The molecule has 0 aliphatic rings. The van der Waals surface area contributed by atoms with Gasteiger partial charge in [-0.15, -0.1) is 58.0 Å². The largest absolute Gasteiger partial charge is 0.507 e. The number of carboxylic acids is 1. The Bertz CT molecular complexity index is 473. The second-order valence-electron chi connectivity index (χ2n) is 3.50. The third-order valence-corrected chi connectivity index (χ3v) is 4.33. The lowest BCUT2D eigenvalue weighted by molar-refractivity contribution is 0.0694. The monoisotopic (exact) mass is 485 g/mol. The van der Waals surface area contributed by atoms with E-state index in [1.54, 1.807) is 0 Å². The summed E-state index contributed by atoms with van der Waals surface area (Å²) in [7, 11) is 0. The molecule has 0 aromatic heterocycles. The van der Waals surface area contributed by atoms with E-state index in [9.17, 15) is 4.79 Å². The van der Waals surface area contributed by atoms with E-state index in [0.717, 1.165) is 0 Å². The predicted molar refractivity (Wildman–Crippen MR) is 101 cm³/mol. The van der Waals surface area contributed by atoms with Gasteiger partial charge >= 0.3 is 5.97 Å². The fourth-order valence-electron chi connectivity index (χ4n) is 0.730. The van der Waals surface area contributed by atoms with E-state index in [0.29, 0.717) is 5.69 Å². The van der Waals surface area contributed by atoms with Crippen molar-refractivity contribution < 1.29 is 15.0 Å². The molecule has 0 atom stereocenters. The maximum absolute atomic E-state index is 10.3. The number of alkyl halides is 8. The van der Waals surface area contributed by atoms with E-state index in [4.69, 9.17) is 109 Å². The molecule has 4 nitrogen and oxygen atoms in total. The molecule has 0 unspecified atom stereocenters. The Labute approximate surface area is 173 Å². The summed E-state index contributed by atoms with van der Waals surface area (Å²) in [4.78, 5) is 8.99.